The van der Waals surface area contributed by atoms with Gasteiger partial charge in [0.05, 0.1) is 5.56 Å². The molecule has 3 aromatic rings. The van der Waals surface area contributed by atoms with Gasteiger partial charge in [-0.3, -0.25) is 19.4 Å². The van der Waals surface area contributed by atoms with Crippen LogP contribution in [-0.4, -0.2) is 34.8 Å². The number of rotatable bonds is 9. The molecule has 0 aliphatic rings. The first-order valence-electron chi connectivity index (χ1n) is 10.0. The zero-order valence-corrected chi connectivity index (χ0v) is 19.4. The van der Waals surface area contributed by atoms with Gasteiger partial charge in [0.15, 0.2) is 0 Å². The molecule has 0 fully saturated rings. The van der Waals surface area contributed by atoms with Crippen molar-refractivity contribution >= 4 is 40.3 Å². The van der Waals surface area contributed by atoms with Gasteiger partial charge in [0.1, 0.15) is 12.1 Å². The maximum atomic E-state index is 13.2. The summed E-state index contributed by atoms with van der Waals surface area (Å²) >= 11 is 2.08. The molecule has 7 nitrogen and oxygen atoms in total. The number of aromatic nitrogens is 1. The molecule has 0 aliphatic heterocycles. The van der Waals surface area contributed by atoms with Gasteiger partial charge in [-0.1, -0.05) is 48.5 Å². The van der Waals surface area contributed by atoms with Crippen LogP contribution in [0.3, 0.4) is 0 Å². The fraction of sp³-hybridized carbons (Fsp3) is 0.167. The molecule has 1 heterocycles. The Hall–Kier alpha value is -3.27. The van der Waals surface area contributed by atoms with Crippen LogP contribution < -0.4 is 16.4 Å². The molecule has 3 amide bonds. The average molecular weight is 542 g/mol. The van der Waals surface area contributed by atoms with Crippen LogP contribution in [0.4, 0.5) is 0 Å². The Kier molecular flexibility index (Phi) is 8.32. The van der Waals surface area contributed by atoms with Crippen LogP contribution >= 0.6 is 22.6 Å². The largest absolute Gasteiger partial charge is 0.368 e. The van der Waals surface area contributed by atoms with Crippen molar-refractivity contribution in [2.45, 2.75) is 24.9 Å². The fourth-order valence-electron chi connectivity index (χ4n) is 3.19. The Morgan fingerprint density at radius 1 is 0.844 bits per heavy atom. The smallest absolute Gasteiger partial charge is 0.253 e. The zero-order valence-electron chi connectivity index (χ0n) is 17.2. The summed E-state index contributed by atoms with van der Waals surface area (Å²) in [5.74, 6) is -1.51. The van der Waals surface area contributed by atoms with Gasteiger partial charge in [0, 0.05) is 28.8 Å². The first-order chi connectivity index (χ1) is 15.4. The topological polar surface area (TPSA) is 114 Å². The van der Waals surface area contributed by atoms with E-state index in [1.54, 1.807) is 36.7 Å². The lowest BCUT2D eigenvalue weighted by atomic mass is 10.0. The summed E-state index contributed by atoms with van der Waals surface area (Å²) in [6, 6.07) is 18.2. The number of primary amides is 1. The molecule has 0 bridgehead atoms. The lowest BCUT2D eigenvalue weighted by molar-refractivity contribution is -0.128. The molecule has 4 N–H and O–H groups in total. The summed E-state index contributed by atoms with van der Waals surface area (Å²) in [5, 5.41) is 5.51. The molecule has 0 saturated heterocycles. The number of carbonyl (C=O) groups excluding carboxylic acids is 3. The van der Waals surface area contributed by atoms with Crippen molar-refractivity contribution in [3.8, 4) is 0 Å². The molecule has 1 aromatic heterocycles. The summed E-state index contributed by atoms with van der Waals surface area (Å²) in [5.41, 5.74) is 7.65. The SMILES string of the molecule is NC(=O)[C@H](Cc1cccnc1)NC(=O)[C@H](Cc1ccccc1)NC(=O)c1ccccc1I. The van der Waals surface area contributed by atoms with Gasteiger partial charge in [0.2, 0.25) is 11.8 Å². The Morgan fingerprint density at radius 2 is 1.50 bits per heavy atom. The first kappa shape index (κ1) is 23.4. The molecule has 0 spiro atoms. The summed E-state index contributed by atoms with van der Waals surface area (Å²) in [6.45, 7) is 0. The standard InChI is InChI=1S/C24H23IN4O3/c25-19-11-5-4-10-18(19)23(31)29-21(13-16-7-2-1-3-8-16)24(32)28-20(22(26)30)14-17-9-6-12-27-15-17/h1-12,15,20-21H,13-14H2,(H2,26,30)(H,28,32)(H,29,31)/t20-,21-/m0/s1. The number of nitrogens with one attached hydrogen (secondary N) is 2. The van der Waals surface area contributed by atoms with E-state index in [4.69, 9.17) is 5.73 Å². The predicted molar refractivity (Wildman–Crippen MR) is 130 cm³/mol. The average Bonchev–Trinajstić information content (AvgIpc) is 2.79. The van der Waals surface area contributed by atoms with E-state index in [1.807, 2.05) is 42.5 Å². The van der Waals surface area contributed by atoms with Crippen LogP contribution in [-0.2, 0) is 22.4 Å². The van der Waals surface area contributed by atoms with E-state index in [-0.39, 0.29) is 18.7 Å². The van der Waals surface area contributed by atoms with Crippen LogP contribution in [0.5, 0.6) is 0 Å². The maximum absolute atomic E-state index is 13.2. The Morgan fingerprint density at radius 3 is 2.16 bits per heavy atom. The third-order valence-electron chi connectivity index (χ3n) is 4.85. The van der Waals surface area contributed by atoms with Gasteiger partial charge < -0.3 is 16.4 Å². The van der Waals surface area contributed by atoms with E-state index in [1.165, 1.54) is 0 Å². The molecule has 0 saturated carbocycles. The minimum absolute atomic E-state index is 0.206. The van der Waals surface area contributed by atoms with Crippen LogP contribution in [0, 0.1) is 3.57 Å². The monoisotopic (exact) mass is 542 g/mol. The molecule has 0 aliphatic carbocycles. The molecule has 0 unspecified atom stereocenters. The number of carbonyl (C=O) groups is 3. The number of nitrogens with zero attached hydrogens (tertiary/aromatic N) is 1. The number of pyridine rings is 1. The van der Waals surface area contributed by atoms with Crippen molar-refractivity contribution in [2.75, 3.05) is 0 Å². The summed E-state index contributed by atoms with van der Waals surface area (Å²) in [4.78, 5) is 42.1. The Bertz CT molecular complexity index is 1080. The van der Waals surface area contributed by atoms with Crippen molar-refractivity contribution in [3.05, 3.63) is 99.4 Å². The highest BCUT2D eigenvalue weighted by Crippen LogP contribution is 2.12. The molecule has 8 heteroatoms. The molecule has 164 valence electrons. The van der Waals surface area contributed by atoms with Crippen LogP contribution in [0.15, 0.2) is 79.1 Å². The molecule has 2 aromatic carbocycles. The molecular formula is C24H23IN4O3. The summed E-state index contributed by atoms with van der Waals surface area (Å²) < 4.78 is 0.771. The van der Waals surface area contributed by atoms with Gasteiger partial charge >= 0.3 is 0 Å². The van der Waals surface area contributed by atoms with E-state index in [9.17, 15) is 14.4 Å². The minimum atomic E-state index is -0.932. The van der Waals surface area contributed by atoms with E-state index in [0.717, 1.165) is 14.7 Å². The number of nitrogens with two attached hydrogens (primary N) is 1. The van der Waals surface area contributed by atoms with Crippen LogP contribution in [0.25, 0.3) is 0 Å². The molecule has 0 radical (unpaired) electrons. The Balaban J connectivity index is 1.79. The summed E-state index contributed by atoms with van der Waals surface area (Å²) in [6.07, 6.45) is 3.71. The fourth-order valence-corrected chi connectivity index (χ4v) is 3.82. The highest BCUT2D eigenvalue weighted by Gasteiger charge is 2.27. The van der Waals surface area contributed by atoms with Gasteiger partial charge in [-0.25, -0.2) is 0 Å². The van der Waals surface area contributed by atoms with E-state index >= 15 is 0 Å². The van der Waals surface area contributed by atoms with Crippen LogP contribution in [0.2, 0.25) is 0 Å². The highest BCUT2D eigenvalue weighted by molar-refractivity contribution is 14.1. The lowest BCUT2D eigenvalue weighted by Crippen LogP contribution is -2.54. The second-order valence-corrected chi connectivity index (χ2v) is 8.39. The van der Waals surface area contributed by atoms with Crippen molar-refractivity contribution in [1.29, 1.82) is 0 Å². The van der Waals surface area contributed by atoms with Gasteiger partial charge in [-0.15, -0.1) is 0 Å². The van der Waals surface area contributed by atoms with E-state index in [2.05, 4.69) is 38.2 Å². The Labute approximate surface area is 200 Å². The van der Waals surface area contributed by atoms with Gasteiger partial charge in [0.25, 0.3) is 5.91 Å². The number of hydrogen-bond donors (Lipinski definition) is 3. The third-order valence-corrected chi connectivity index (χ3v) is 5.79. The second kappa shape index (κ2) is 11.4. The lowest BCUT2D eigenvalue weighted by Gasteiger charge is -2.22. The van der Waals surface area contributed by atoms with Crippen molar-refractivity contribution in [1.82, 2.24) is 15.6 Å². The van der Waals surface area contributed by atoms with Crippen molar-refractivity contribution < 1.29 is 14.4 Å². The quantitative estimate of drug-likeness (QED) is 0.360. The van der Waals surface area contributed by atoms with Gasteiger partial charge in [-0.2, -0.15) is 0 Å². The van der Waals surface area contributed by atoms with Crippen molar-refractivity contribution in [3.63, 3.8) is 0 Å². The number of hydrogen-bond acceptors (Lipinski definition) is 4. The molecule has 3 rings (SSSR count). The number of halogens is 1. The molecule has 32 heavy (non-hydrogen) atoms. The van der Waals surface area contributed by atoms with E-state index < -0.39 is 23.9 Å². The zero-order chi connectivity index (χ0) is 22.9. The predicted octanol–water partition coefficient (Wildman–Crippen LogP) is 2.24. The van der Waals surface area contributed by atoms with E-state index in [0.29, 0.717) is 5.56 Å². The van der Waals surface area contributed by atoms with Crippen LogP contribution in [0.1, 0.15) is 21.5 Å². The molecular weight excluding hydrogens is 519 g/mol. The number of benzene rings is 2. The maximum Gasteiger partial charge on any atom is 0.253 e. The molecule has 2 atom stereocenters. The number of amides is 3. The first-order valence-corrected chi connectivity index (χ1v) is 11.1. The summed E-state index contributed by atoms with van der Waals surface area (Å²) in [7, 11) is 0. The normalized spacial score (nSPS) is 12.4. The van der Waals surface area contributed by atoms with Gasteiger partial charge in [-0.05, 0) is 51.9 Å². The second-order valence-electron chi connectivity index (χ2n) is 7.22. The minimum Gasteiger partial charge on any atom is -0.368 e. The highest BCUT2D eigenvalue weighted by atomic mass is 127. The third kappa shape index (κ3) is 6.61. The van der Waals surface area contributed by atoms with Crippen molar-refractivity contribution in [2.24, 2.45) is 5.73 Å².